The molecular formula is C44H62O11. The summed E-state index contributed by atoms with van der Waals surface area (Å²) in [6.07, 6.45) is 5.51. The van der Waals surface area contributed by atoms with Crippen LogP contribution in [0.4, 0.5) is 0 Å². The van der Waals surface area contributed by atoms with Gasteiger partial charge < -0.3 is 30.3 Å². The van der Waals surface area contributed by atoms with E-state index in [1.807, 2.05) is 6.92 Å². The van der Waals surface area contributed by atoms with Crippen LogP contribution in [-0.2, 0) is 28.7 Å². The zero-order chi connectivity index (χ0) is 39.6. The molecule has 8 aliphatic rings. The van der Waals surface area contributed by atoms with E-state index in [0.29, 0.717) is 38.5 Å². The Balaban J connectivity index is 1.06. The van der Waals surface area contributed by atoms with E-state index in [2.05, 4.69) is 20.8 Å². The van der Waals surface area contributed by atoms with Crippen molar-refractivity contribution in [3.05, 3.63) is 11.6 Å². The van der Waals surface area contributed by atoms with Gasteiger partial charge in [0.05, 0.1) is 12.2 Å². The quantitative estimate of drug-likeness (QED) is 0.237. The molecule has 304 valence electrons. The number of ether oxygens (including phenoxy) is 1. The van der Waals surface area contributed by atoms with E-state index in [0.717, 1.165) is 24.8 Å². The molecule has 0 saturated heterocycles. The summed E-state index contributed by atoms with van der Waals surface area (Å²) < 4.78 is 6.48. The van der Waals surface area contributed by atoms with Crippen molar-refractivity contribution in [1.29, 1.82) is 0 Å². The number of esters is 1. The summed E-state index contributed by atoms with van der Waals surface area (Å²) in [5, 5.41) is 55.3. The van der Waals surface area contributed by atoms with Crippen LogP contribution in [0.3, 0.4) is 0 Å². The van der Waals surface area contributed by atoms with E-state index in [4.69, 9.17) is 4.74 Å². The number of fused-ring (bicyclic) bond motifs is 10. The average Bonchev–Trinajstić information content (AvgIpc) is 3.61. The molecule has 0 spiro atoms. The second-order valence-corrected chi connectivity index (χ2v) is 20.4. The predicted octanol–water partition coefficient (Wildman–Crippen LogP) is 3.68. The van der Waals surface area contributed by atoms with Crippen molar-refractivity contribution in [3.63, 3.8) is 0 Å². The lowest BCUT2D eigenvalue weighted by molar-refractivity contribution is -0.216. The summed E-state index contributed by atoms with van der Waals surface area (Å²) in [5.74, 6) is -2.60. The highest BCUT2D eigenvalue weighted by molar-refractivity contribution is 5.93. The highest BCUT2D eigenvalue weighted by Gasteiger charge is 2.70. The van der Waals surface area contributed by atoms with Gasteiger partial charge in [-0.25, -0.2) is 0 Å². The van der Waals surface area contributed by atoms with Gasteiger partial charge in [0, 0.05) is 42.4 Å². The van der Waals surface area contributed by atoms with Crippen LogP contribution in [0.1, 0.15) is 118 Å². The monoisotopic (exact) mass is 766 g/mol. The van der Waals surface area contributed by atoms with Crippen LogP contribution >= 0.6 is 0 Å². The first-order valence-corrected chi connectivity index (χ1v) is 21.2. The number of Topliss-reactive ketones (excluding diaryl/α,β-unsaturated/α-hetero) is 3. The van der Waals surface area contributed by atoms with Gasteiger partial charge in [-0.05, 0) is 128 Å². The Labute approximate surface area is 324 Å². The number of hydrogen-bond donors (Lipinski definition) is 5. The van der Waals surface area contributed by atoms with Gasteiger partial charge in [-0.3, -0.25) is 24.0 Å². The van der Waals surface area contributed by atoms with Gasteiger partial charge in [-0.1, -0.05) is 33.3 Å². The number of allylic oxidation sites excluding steroid dienone is 1. The summed E-state index contributed by atoms with van der Waals surface area (Å²) in [4.78, 5) is 66.8. The van der Waals surface area contributed by atoms with Crippen LogP contribution < -0.4 is 0 Å². The van der Waals surface area contributed by atoms with E-state index < -0.39 is 76.5 Å². The highest BCUT2D eigenvalue weighted by atomic mass is 16.5. The summed E-state index contributed by atoms with van der Waals surface area (Å²) in [6.45, 7) is 6.84. The molecule has 0 heterocycles. The number of rotatable bonds is 7. The molecule has 0 amide bonds. The minimum atomic E-state index is -1.73. The Morgan fingerprint density at radius 3 is 2.24 bits per heavy atom. The lowest BCUT2D eigenvalue weighted by atomic mass is 9.43. The summed E-state index contributed by atoms with van der Waals surface area (Å²) >= 11 is 0. The smallest absolute Gasteiger partial charge is 0.306 e. The lowest BCUT2D eigenvalue weighted by Gasteiger charge is -2.63. The number of ketones is 4. The first-order valence-electron chi connectivity index (χ1n) is 21.2. The molecule has 7 saturated carbocycles. The molecule has 55 heavy (non-hydrogen) atoms. The van der Waals surface area contributed by atoms with Crippen molar-refractivity contribution in [2.75, 3.05) is 13.2 Å². The third-order valence-corrected chi connectivity index (χ3v) is 18.7. The van der Waals surface area contributed by atoms with Crippen LogP contribution in [0.25, 0.3) is 0 Å². The maximum atomic E-state index is 14.4. The van der Waals surface area contributed by atoms with Gasteiger partial charge >= 0.3 is 5.97 Å². The fraction of sp³-hybridized carbons (Fsp3) is 0.841. The Morgan fingerprint density at radius 2 is 1.53 bits per heavy atom. The van der Waals surface area contributed by atoms with Crippen molar-refractivity contribution < 1.29 is 54.2 Å². The topological polar surface area (TPSA) is 196 Å². The molecule has 11 heteroatoms. The summed E-state index contributed by atoms with van der Waals surface area (Å²) in [5.41, 5.74) is -3.56. The van der Waals surface area contributed by atoms with Gasteiger partial charge in [-0.2, -0.15) is 0 Å². The van der Waals surface area contributed by atoms with Crippen molar-refractivity contribution in [3.8, 4) is 0 Å². The molecule has 11 nitrogen and oxygen atoms in total. The van der Waals surface area contributed by atoms with Gasteiger partial charge in [-0.15, -0.1) is 0 Å². The van der Waals surface area contributed by atoms with Crippen LogP contribution in [-0.4, -0.2) is 91.8 Å². The molecule has 0 aromatic carbocycles. The molecular weight excluding hydrogens is 704 g/mol. The second-order valence-electron chi connectivity index (χ2n) is 20.4. The Kier molecular flexibility index (Phi) is 9.60. The zero-order valence-corrected chi connectivity index (χ0v) is 33.0. The highest BCUT2D eigenvalue weighted by Crippen LogP contribution is 2.70. The van der Waals surface area contributed by atoms with E-state index in [9.17, 15) is 49.5 Å². The molecule has 8 aliphatic carbocycles. The van der Waals surface area contributed by atoms with Crippen molar-refractivity contribution in [2.45, 2.75) is 141 Å². The van der Waals surface area contributed by atoms with Gasteiger partial charge in [0.1, 0.15) is 30.7 Å². The minimum absolute atomic E-state index is 0.0352. The molecule has 7 fully saturated rings. The standard InChI is InChI=1S/C44H62O11/c1-40-18-32(49)39-27(29(40)9-10-31(40)34(51)20-45)7-6-23-14-26(48)17-36(43(23,39)4)55-37(53)16-24-15-25(47)13-22-5-8-28-30-11-12-44(54,35(52)21-46)41(30,2)19-33(50)38(28)42(22,24)3/h13,23-24,27-33,36,38-39,45-46,49-50,54H,5-12,14-21H2,1-4H3/t23?,24?,27-,28-,29-,30-,31+,32-,33-,36?,38+,39+,40-,41-,42+,43+,44-/m0/s1. The van der Waals surface area contributed by atoms with Crippen LogP contribution in [0.5, 0.6) is 0 Å². The van der Waals surface area contributed by atoms with Gasteiger partial charge in [0.15, 0.2) is 17.3 Å². The van der Waals surface area contributed by atoms with Gasteiger partial charge in [0.2, 0.25) is 0 Å². The molecule has 3 unspecified atom stereocenters. The largest absolute Gasteiger partial charge is 0.461 e. The number of hydrogen-bond acceptors (Lipinski definition) is 11. The first kappa shape index (κ1) is 39.5. The Morgan fingerprint density at radius 1 is 0.818 bits per heavy atom. The minimum Gasteiger partial charge on any atom is -0.461 e. The number of aliphatic hydroxyl groups excluding tert-OH is 4. The van der Waals surface area contributed by atoms with Crippen molar-refractivity contribution >= 4 is 29.1 Å². The fourth-order valence-corrected chi connectivity index (χ4v) is 16.2. The average molecular weight is 767 g/mol. The van der Waals surface area contributed by atoms with E-state index >= 15 is 0 Å². The van der Waals surface area contributed by atoms with Gasteiger partial charge in [0.25, 0.3) is 0 Å². The maximum absolute atomic E-state index is 14.4. The van der Waals surface area contributed by atoms with Crippen molar-refractivity contribution in [2.24, 2.45) is 74.9 Å². The normalized spacial score (nSPS) is 51.4. The van der Waals surface area contributed by atoms with Crippen LogP contribution in [0.2, 0.25) is 0 Å². The molecule has 0 aromatic heterocycles. The van der Waals surface area contributed by atoms with Crippen LogP contribution in [0.15, 0.2) is 11.6 Å². The molecule has 17 atom stereocenters. The summed E-state index contributed by atoms with van der Waals surface area (Å²) in [7, 11) is 0. The molecule has 5 N–H and O–H groups in total. The molecule has 8 rings (SSSR count). The molecule has 0 bridgehead atoms. The summed E-state index contributed by atoms with van der Waals surface area (Å²) in [6, 6.07) is 0. The molecule has 0 aromatic rings. The second kappa shape index (κ2) is 13.4. The SMILES string of the molecule is C[C@]12C(CC[C@@H]3[C@@H]1[C@@H](O)C[C@]1(C)[C@@H](C(=O)CO)CC[C@@H]31)CC(=O)CC2OC(=O)CC1CC(=O)C=C2CC[C@@H]3[C@H]([C@@H](O)C[C@@]4(C)[C@H]3CC[C@]4(O)C(=O)CO)[C@]21C. The van der Waals surface area contributed by atoms with Crippen molar-refractivity contribution in [1.82, 2.24) is 0 Å². The third-order valence-electron chi connectivity index (χ3n) is 18.7. The Bertz CT molecular complexity index is 1690. The number of carbonyl (C=O) groups excluding carboxylic acids is 5. The van der Waals surface area contributed by atoms with Crippen LogP contribution in [0, 0.1) is 74.9 Å². The van der Waals surface area contributed by atoms with E-state index in [1.54, 1.807) is 6.08 Å². The number of carbonyl (C=O) groups is 5. The fourth-order valence-electron chi connectivity index (χ4n) is 16.2. The zero-order valence-electron chi connectivity index (χ0n) is 33.0. The molecule has 0 aliphatic heterocycles. The Hall–Kier alpha value is -2.31. The lowest BCUT2D eigenvalue weighted by Crippen LogP contribution is -2.64. The van der Waals surface area contributed by atoms with E-state index in [1.165, 1.54) is 0 Å². The maximum Gasteiger partial charge on any atom is 0.306 e. The number of aliphatic hydroxyl groups is 5. The first-order chi connectivity index (χ1) is 25.9. The predicted molar refractivity (Wildman–Crippen MR) is 198 cm³/mol. The molecule has 0 radical (unpaired) electrons. The van der Waals surface area contributed by atoms with E-state index in [-0.39, 0.29) is 96.8 Å². The third kappa shape index (κ3) is 5.40.